The number of nitrogens with zero attached hydrogens (tertiary/aromatic N) is 3. The minimum Gasteiger partial charge on any atom is -0.497 e. The highest BCUT2D eigenvalue weighted by Gasteiger charge is 2.21. The van der Waals surface area contributed by atoms with Crippen LogP contribution in [0, 0.1) is 0 Å². The van der Waals surface area contributed by atoms with E-state index in [1.54, 1.807) is 26.6 Å². The predicted molar refractivity (Wildman–Crippen MR) is 84.6 cm³/mol. The predicted octanol–water partition coefficient (Wildman–Crippen LogP) is 0.933. The van der Waals surface area contributed by atoms with Gasteiger partial charge in [-0.15, -0.1) is 0 Å². The molecule has 2 atom stereocenters. The van der Waals surface area contributed by atoms with Crippen LogP contribution in [0.4, 0.5) is 0 Å². The molecule has 0 spiro atoms. The van der Waals surface area contributed by atoms with Crippen LogP contribution in [0.2, 0.25) is 0 Å². The van der Waals surface area contributed by atoms with E-state index in [0.29, 0.717) is 18.0 Å². The molecule has 1 aromatic heterocycles. The summed E-state index contributed by atoms with van der Waals surface area (Å²) in [5.41, 5.74) is 0.719. The second-order valence-electron chi connectivity index (χ2n) is 5.63. The van der Waals surface area contributed by atoms with Gasteiger partial charge in [0.15, 0.2) is 0 Å². The Bertz CT molecular complexity index is 659. The lowest BCUT2D eigenvalue weighted by atomic mass is 10.0. The molecule has 0 amide bonds. The third-order valence-corrected chi connectivity index (χ3v) is 4.20. The van der Waals surface area contributed by atoms with Crippen molar-refractivity contribution in [2.45, 2.75) is 31.5 Å². The molecule has 2 aromatic rings. The van der Waals surface area contributed by atoms with Gasteiger partial charge in [-0.1, -0.05) is 0 Å². The van der Waals surface area contributed by atoms with Gasteiger partial charge in [0.2, 0.25) is 0 Å². The van der Waals surface area contributed by atoms with Gasteiger partial charge in [0.1, 0.15) is 23.7 Å². The maximum absolute atomic E-state index is 10.5. The molecule has 0 saturated carbocycles. The number of rotatable bonds is 6. The Morgan fingerprint density at radius 1 is 1.39 bits per heavy atom. The zero-order valence-corrected chi connectivity index (χ0v) is 13.4. The van der Waals surface area contributed by atoms with Crippen LogP contribution in [0.1, 0.15) is 23.9 Å². The topological polar surface area (TPSA) is 81.4 Å². The third kappa shape index (κ3) is 3.46. The first-order valence-electron chi connectivity index (χ1n) is 7.71. The number of aromatic nitrogens is 3. The number of hydrogen-bond donors (Lipinski definition) is 2. The number of hydrogen-bond acceptors (Lipinski definition) is 6. The number of nitrogens with one attached hydrogen (secondary N) is 1. The molecular weight excluding hydrogens is 296 g/mol. The molecule has 3 rings (SSSR count). The molecule has 2 unspecified atom stereocenters. The first-order chi connectivity index (χ1) is 11.2. The van der Waals surface area contributed by atoms with E-state index in [9.17, 15) is 5.11 Å². The van der Waals surface area contributed by atoms with Crippen molar-refractivity contribution in [2.75, 3.05) is 20.8 Å². The highest BCUT2D eigenvalue weighted by atomic mass is 16.5. The van der Waals surface area contributed by atoms with E-state index in [-0.39, 0.29) is 6.04 Å². The van der Waals surface area contributed by atoms with Gasteiger partial charge in [0.25, 0.3) is 0 Å². The van der Waals surface area contributed by atoms with Crippen molar-refractivity contribution in [2.24, 2.45) is 0 Å². The standard InChI is InChI=1S/C16H22N4O3/c1-22-12-4-5-15(23-2)13(7-12)14(21)8-17-11-3-6-16-18-10-19-20(16)9-11/h4-5,7,10-11,14,17,21H,3,6,8-9H2,1-2H3. The fourth-order valence-corrected chi connectivity index (χ4v) is 2.89. The highest BCUT2D eigenvalue weighted by molar-refractivity contribution is 5.41. The quantitative estimate of drug-likeness (QED) is 0.825. The van der Waals surface area contributed by atoms with Crippen molar-refractivity contribution in [3.63, 3.8) is 0 Å². The molecule has 1 aliphatic heterocycles. The molecule has 0 bridgehead atoms. The Balaban J connectivity index is 1.62. The largest absolute Gasteiger partial charge is 0.497 e. The SMILES string of the molecule is COc1ccc(OC)c(C(O)CNC2CCc3ncnn3C2)c1. The van der Waals surface area contributed by atoms with Gasteiger partial charge < -0.3 is 19.9 Å². The van der Waals surface area contributed by atoms with Crippen molar-refractivity contribution >= 4 is 0 Å². The first-order valence-corrected chi connectivity index (χ1v) is 7.71. The summed E-state index contributed by atoms with van der Waals surface area (Å²) in [7, 11) is 3.20. The van der Waals surface area contributed by atoms with E-state index < -0.39 is 6.10 Å². The maximum Gasteiger partial charge on any atom is 0.138 e. The number of aryl methyl sites for hydroxylation is 1. The lowest BCUT2D eigenvalue weighted by Crippen LogP contribution is -2.39. The van der Waals surface area contributed by atoms with Crippen molar-refractivity contribution < 1.29 is 14.6 Å². The molecule has 7 heteroatoms. The summed E-state index contributed by atoms with van der Waals surface area (Å²) in [4.78, 5) is 4.22. The Labute approximate surface area is 135 Å². The Kier molecular flexibility index (Phi) is 4.78. The van der Waals surface area contributed by atoms with Crippen LogP contribution in [0.5, 0.6) is 11.5 Å². The van der Waals surface area contributed by atoms with Crippen molar-refractivity contribution in [1.82, 2.24) is 20.1 Å². The van der Waals surface area contributed by atoms with Crippen molar-refractivity contribution in [3.05, 3.63) is 35.9 Å². The van der Waals surface area contributed by atoms with Crippen LogP contribution < -0.4 is 14.8 Å². The summed E-state index contributed by atoms with van der Waals surface area (Å²) in [5, 5.41) is 18.1. The van der Waals surface area contributed by atoms with E-state index in [4.69, 9.17) is 9.47 Å². The monoisotopic (exact) mass is 318 g/mol. The van der Waals surface area contributed by atoms with Crippen LogP contribution in [-0.4, -0.2) is 46.7 Å². The van der Waals surface area contributed by atoms with Gasteiger partial charge in [0, 0.05) is 24.6 Å². The summed E-state index contributed by atoms with van der Waals surface area (Å²) in [6.07, 6.45) is 2.81. The molecule has 0 saturated heterocycles. The number of ether oxygens (including phenoxy) is 2. The molecule has 1 aliphatic rings. The van der Waals surface area contributed by atoms with Crippen LogP contribution in [0.25, 0.3) is 0 Å². The first kappa shape index (κ1) is 15.8. The number of benzene rings is 1. The maximum atomic E-state index is 10.5. The van der Waals surface area contributed by atoms with E-state index in [1.165, 1.54) is 0 Å². The second kappa shape index (κ2) is 6.97. The minimum atomic E-state index is -0.669. The molecule has 0 fully saturated rings. The van der Waals surface area contributed by atoms with Crippen LogP contribution in [0.3, 0.4) is 0 Å². The summed E-state index contributed by atoms with van der Waals surface area (Å²) < 4.78 is 12.5. The van der Waals surface area contributed by atoms with E-state index in [2.05, 4.69) is 15.4 Å². The summed E-state index contributed by atoms with van der Waals surface area (Å²) in [6.45, 7) is 1.22. The summed E-state index contributed by atoms with van der Waals surface area (Å²) in [5.74, 6) is 2.38. The fourth-order valence-electron chi connectivity index (χ4n) is 2.89. The van der Waals surface area contributed by atoms with Gasteiger partial charge in [-0.25, -0.2) is 9.67 Å². The lowest BCUT2D eigenvalue weighted by Gasteiger charge is -2.25. The Morgan fingerprint density at radius 3 is 3.04 bits per heavy atom. The van der Waals surface area contributed by atoms with Crippen LogP contribution >= 0.6 is 0 Å². The summed E-state index contributed by atoms with van der Waals surface area (Å²) in [6, 6.07) is 5.70. The van der Waals surface area contributed by atoms with Gasteiger partial charge >= 0.3 is 0 Å². The molecular formula is C16H22N4O3. The molecule has 2 N–H and O–H groups in total. The summed E-state index contributed by atoms with van der Waals surface area (Å²) >= 11 is 0. The molecule has 2 heterocycles. The van der Waals surface area contributed by atoms with E-state index in [1.807, 2.05) is 16.8 Å². The van der Waals surface area contributed by atoms with Gasteiger partial charge in [-0.05, 0) is 24.6 Å². The Hall–Kier alpha value is -2.12. The van der Waals surface area contributed by atoms with Gasteiger partial charge in [0.05, 0.1) is 26.9 Å². The van der Waals surface area contributed by atoms with Crippen molar-refractivity contribution in [1.29, 1.82) is 0 Å². The lowest BCUT2D eigenvalue weighted by molar-refractivity contribution is 0.161. The average molecular weight is 318 g/mol. The van der Waals surface area contributed by atoms with Gasteiger partial charge in [-0.3, -0.25) is 0 Å². The van der Waals surface area contributed by atoms with Gasteiger partial charge in [-0.2, -0.15) is 5.10 Å². The molecule has 23 heavy (non-hydrogen) atoms. The number of aliphatic hydroxyl groups excluding tert-OH is 1. The van der Waals surface area contributed by atoms with Crippen LogP contribution in [-0.2, 0) is 13.0 Å². The number of aliphatic hydroxyl groups is 1. The average Bonchev–Trinajstić information content (AvgIpc) is 3.06. The molecule has 0 radical (unpaired) electrons. The fraction of sp³-hybridized carbons (Fsp3) is 0.500. The van der Waals surface area contributed by atoms with Crippen molar-refractivity contribution in [3.8, 4) is 11.5 Å². The normalized spacial score (nSPS) is 18.3. The Morgan fingerprint density at radius 2 is 2.26 bits per heavy atom. The molecule has 0 aliphatic carbocycles. The zero-order valence-electron chi connectivity index (χ0n) is 13.4. The van der Waals surface area contributed by atoms with E-state index >= 15 is 0 Å². The second-order valence-corrected chi connectivity index (χ2v) is 5.63. The molecule has 7 nitrogen and oxygen atoms in total. The number of fused-ring (bicyclic) bond motifs is 1. The molecule has 124 valence electrons. The highest BCUT2D eigenvalue weighted by Crippen LogP contribution is 2.29. The van der Waals surface area contributed by atoms with Crippen LogP contribution in [0.15, 0.2) is 24.5 Å². The molecule has 1 aromatic carbocycles. The van der Waals surface area contributed by atoms with E-state index in [0.717, 1.165) is 30.8 Å². The minimum absolute atomic E-state index is 0.274. The smallest absolute Gasteiger partial charge is 0.138 e. The number of methoxy groups -OCH3 is 2. The third-order valence-electron chi connectivity index (χ3n) is 4.20. The zero-order chi connectivity index (χ0) is 16.2.